The van der Waals surface area contributed by atoms with Crippen LogP contribution < -0.4 is 0 Å². The van der Waals surface area contributed by atoms with Crippen LogP contribution in [0.2, 0.25) is 0 Å². The molecule has 1 aliphatic rings. The zero-order valence-corrected chi connectivity index (χ0v) is 7.01. The summed E-state index contributed by atoms with van der Waals surface area (Å²) in [5.41, 5.74) is 0. The lowest BCUT2D eigenvalue weighted by Crippen LogP contribution is -2.45. The number of piperidine rings is 1. The highest BCUT2D eigenvalue weighted by Crippen LogP contribution is 2.18. The molecule has 2 nitrogen and oxygen atoms in total. The van der Waals surface area contributed by atoms with Crippen LogP contribution in [0.25, 0.3) is 0 Å². The van der Waals surface area contributed by atoms with E-state index < -0.39 is 6.17 Å². The Morgan fingerprint density at radius 3 is 2.64 bits per heavy atom. The fourth-order valence-corrected chi connectivity index (χ4v) is 1.50. The standard InChI is InChI=1S/C8H14FNO/c1-6-3-4-8(9)5-10(6)7(2)11/h6,8H,3-5H2,1-2H3. The summed E-state index contributed by atoms with van der Waals surface area (Å²) in [5.74, 6) is -0.0140. The summed E-state index contributed by atoms with van der Waals surface area (Å²) in [6, 6.07) is 0.222. The zero-order chi connectivity index (χ0) is 8.43. The molecule has 0 saturated carbocycles. The second-order valence-electron chi connectivity index (χ2n) is 3.20. The third-order valence-electron chi connectivity index (χ3n) is 2.23. The molecule has 1 saturated heterocycles. The lowest BCUT2D eigenvalue weighted by molar-refractivity contribution is -0.133. The van der Waals surface area contributed by atoms with Crippen molar-refractivity contribution in [1.82, 2.24) is 4.90 Å². The normalized spacial score (nSPS) is 32.1. The first-order valence-corrected chi connectivity index (χ1v) is 4.02. The van der Waals surface area contributed by atoms with E-state index in [-0.39, 0.29) is 18.5 Å². The highest BCUT2D eigenvalue weighted by Gasteiger charge is 2.26. The van der Waals surface area contributed by atoms with Gasteiger partial charge in [0.25, 0.3) is 0 Å². The summed E-state index contributed by atoms with van der Waals surface area (Å²) < 4.78 is 12.8. The summed E-state index contributed by atoms with van der Waals surface area (Å²) in [5, 5.41) is 0. The minimum Gasteiger partial charge on any atom is -0.337 e. The number of carbonyl (C=O) groups is 1. The van der Waals surface area contributed by atoms with Crippen molar-refractivity contribution < 1.29 is 9.18 Å². The van der Waals surface area contributed by atoms with Gasteiger partial charge in [-0.2, -0.15) is 0 Å². The van der Waals surface area contributed by atoms with E-state index in [1.165, 1.54) is 6.92 Å². The average Bonchev–Trinajstić information content (AvgIpc) is 1.94. The molecule has 0 aromatic rings. The van der Waals surface area contributed by atoms with Crippen LogP contribution in [0.4, 0.5) is 4.39 Å². The summed E-state index contributed by atoms with van der Waals surface area (Å²) in [7, 11) is 0. The van der Waals surface area contributed by atoms with E-state index in [9.17, 15) is 9.18 Å². The Bertz CT molecular complexity index is 160. The van der Waals surface area contributed by atoms with Crippen molar-refractivity contribution >= 4 is 5.91 Å². The molecule has 1 fully saturated rings. The minimum atomic E-state index is -0.810. The number of likely N-dealkylation sites (tertiary alicyclic amines) is 1. The van der Waals surface area contributed by atoms with Crippen LogP contribution in [0.15, 0.2) is 0 Å². The molecule has 0 aliphatic carbocycles. The Kier molecular flexibility index (Phi) is 2.47. The molecule has 1 amide bonds. The quantitative estimate of drug-likeness (QED) is 0.522. The van der Waals surface area contributed by atoms with Crippen LogP contribution in [0.1, 0.15) is 26.7 Å². The van der Waals surface area contributed by atoms with E-state index >= 15 is 0 Å². The summed E-state index contributed by atoms with van der Waals surface area (Å²) >= 11 is 0. The maximum absolute atomic E-state index is 12.8. The first-order valence-electron chi connectivity index (χ1n) is 4.02. The van der Waals surface area contributed by atoms with Gasteiger partial charge in [0.15, 0.2) is 0 Å². The molecule has 0 aromatic heterocycles. The fourth-order valence-electron chi connectivity index (χ4n) is 1.50. The summed E-state index contributed by atoms with van der Waals surface area (Å²) in [6.45, 7) is 3.75. The van der Waals surface area contributed by atoms with Crippen molar-refractivity contribution in [2.24, 2.45) is 0 Å². The molecule has 1 aliphatic heterocycles. The van der Waals surface area contributed by atoms with Gasteiger partial charge in [0.1, 0.15) is 6.17 Å². The minimum absolute atomic E-state index is 0.0140. The third-order valence-corrected chi connectivity index (χ3v) is 2.23. The van der Waals surface area contributed by atoms with Crippen molar-refractivity contribution in [2.75, 3.05) is 6.54 Å². The molecule has 0 radical (unpaired) electrons. The molecule has 11 heavy (non-hydrogen) atoms. The van der Waals surface area contributed by atoms with E-state index in [1.54, 1.807) is 4.90 Å². The maximum atomic E-state index is 12.8. The summed E-state index contributed by atoms with van der Waals surface area (Å²) in [4.78, 5) is 12.5. The van der Waals surface area contributed by atoms with Gasteiger partial charge in [0, 0.05) is 13.0 Å². The number of hydrogen-bond acceptors (Lipinski definition) is 1. The number of halogens is 1. The van der Waals surface area contributed by atoms with E-state index in [1.807, 2.05) is 6.92 Å². The Hall–Kier alpha value is -0.600. The molecule has 0 bridgehead atoms. The van der Waals surface area contributed by atoms with Gasteiger partial charge in [-0.3, -0.25) is 4.79 Å². The van der Waals surface area contributed by atoms with Gasteiger partial charge < -0.3 is 4.90 Å². The summed E-state index contributed by atoms with van der Waals surface area (Å²) in [6.07, 6.45) is 0.584. The molecule has 3 heteroatoms. The SMILES string of the molecule is CC(=O)N1CC(F)CCC1C. The van der Waals surface area contributed by atoms with Crippen molar-refractivity contribution in [1.29, 1.82) is 0 Å². The lowest BCUT2D eigenvalue weighted by Gasteiger charge is -2.34. The van der Waals surface area contributed by atoms with Crippen molar-refractivity contribution in [2.45, 2.75) is 38.9 Å². The predicted molar refractivity (Wildman–Crippen MR) is 41.0 cm³/mol. The molecule has 64 valence electrons. The second-order valence-corrected chi connectivity index (χ2v) is 3.20. The Balaban J connectivity index is 2.54. The van der Waals surface area contributed by atoms with Crippen molar-refractivity contribution in [3.8, 4) is 0 Å². The van der Waals surface area contributed by atoms with Crippen molar-refractivity contribution in [3.63, 3.8) is 0 Å². The molecule has 1 heterocycles. The highest BCUT2D eigenvalue weighted by molar-refractivity contribution is 5.73. The Morgan fingerprint density at radius 1 is 1.55 bits per heavy atom. The van der Waals surface area contributed by atoms with Crippen LogP contribution in [0, 0.1) is 0 Å². The fraction of sp³-hybridized carbons (Fsp3) is 0.875. The third kappa shape index (κ3) is 1.91. The van der Waals surface area contributed by atoms with E-state index in [4.69, 9.17) is 0 Å². The molecule has 0 spiro atoms. The largest absolute Gasteiger partial charge is 0.337 e. The molecular weight excluding hydrogens is 145 g/mol. The van der Waals surface area contributed by atoms with Crippen LogP contribution in [0.5, 0.6) is 0 Å². The van der Waals surface area contributed by atoms with Crippen LogP contribution in [-0.2, 0) is 4.79 Å². The zero-order valence-electron chi connectivity index (χ0n) is 7.01. The van der Waals surface area contributed by atoms with Gasteiger partial charge in [-0.1, -0.05) is 0 Å². The van der Waals surface area contributed by atoms with Crippen LogP contribution in [-0.4, -0.2) is 29.6 Å². The molecular formula is C8H14FNO. The van der Waals surface area contributed by atoms with Crippen LogP contribution in [0.3, 0.4) is 0 Å². The monoisotopic (exact) mass is 159 g/mol. The number of amides is 1. The van der Waals surface area contributed by atoms with Gasteiger partial charge >= 0.3 is 0 Å². The van der Waals surface area contributed by atoms with Gasteiger partial charge in [-0.25, -0.2) is 4.39 Å². The predicted octanol–water partition coefficient (Wildman–Crippen LogP) is 1.36. The van der Waals surface area contributed by atoms with E-state index in [0.29, 0.717) is 6.42 Å². The van der Waals surface area contributed by atoms with E-state index in [0.717, 1.165) is 6.42 Å². The number of nitrogens with zero attached hydrogens (tertiary/aromatic N) is 1. The Morgan fingerprint density at radius 2 is 2.18 bits per heavy atom. The van der Waals surface area contributed by atoms with Crippen LogP contribution >= 0.6 is 0 Å². The van der Waals surface area contributed by atoms with Gasteiger partial charge in [-0.15, -0.1) is 0 Å². The molecule has 1 rings (SSSR count). The molecule has 0 N–H and O–H groups in total. The average molecular weight is 159 g/mol. The lowest BCUT2D eigenvalue weighted by atomic mass is 10.0. The van der Waals surface area contributed by atoms with Crippen molar-refractivity contribution in [3.05, 3.63) is 0 Å². The number of alkyl halides is 1. The second kappa shape index (κ2) is 3.20. The Labute approximate surface area is 66.4 Å². The number of rotatable bonds is 0. The van der Waals surface area contributed by atoms with E-state index in [2.05, 4.69) is 0 Å². The first kappa shape index (κ1) is 8.50. The first-order chi connectivity index (χ1) is 5.11. The maximum Gasteiger partial charge on any atom is 0.219 e. The number of carbonyl (C=O) groups excluding carboxylic acids is 1. The topological polar surface area (TPSA) is 20.3 Å². The van der Waals surface area contributed by atoms with Gasteiger partial charge in [-0.05, 0) is 19.8 Å². The number of hydrogen-bond donors (Lipinski definition) is 0. The van der Waals surface area contributed by atoms with Gasteiger partial charge in [0.05, 0.1) is 6.54 Å². The smallest absolute Gasteiger partial charge is 0.219 e. The molecule has 2 atom stereocenters. The van der Waals surface area contributed by atoms with Gasteiger partial charge in [0.2, 0.25) is 5.91 Å². The molecule has 0 aromatic carbocycles. The molecule has 2 unspecified atom stereocenters. The highest BCUT2D eigenvalue weighted by atomic mass is 19.1.